The molecule has 2 atom stereocenters. The zero-order valence-corrected chi connectivity index (χ0v) is 15.3. The van der Waals surface area contributed by atoms with E-state index in [4.69, 9.17) is 13.7 Å². The molecule has 0 spiro atoms. The summed E-state index contributed by atoms with van der Waals surface area (Å²) in [5, 5.41) is 2.84. The lowest BCUT2D eigenvalue weighted by atomic mass is 10.0. The second kappa shape index (κ2) is 8.27. The van der Waals surface area contributed by atoms with Gasteiger partial charge in [-0.05, 0) is 27.2 Å². The molecule has 0 radical (unpaired) electrons. The fourth-order valence-corrected chi connectivity index (χ4v) is 2.74. The van der Waals surface area contributed by atoms with Gasteiger partial charge in [-0.25, -0.2) is 4.79 Å². The van der Waals surface area contributed by atoms with Crippen molar-refractivity contribution in [2.75, 3.05) is 39.6 Å². The summed E-state index contributed by atoms with van der Waals surface area (Å²) in [5.41, 5.74) is -0.545. The van der Waals surface area contributed by atoms with Crippen LogP contribution in [0.4, 0.5) is 4.79 Å². The highest BCUT2D eigenvalue weighted by Gasteiger charge is 2.31. The number of nitrogens with zero attached hydrogens (tertiary/aromatic N) is 1. The van der Waals surface area contributed by atoms with Crippen LogP contribution < -0.4 is 5.32 Å². The Bertz CT molecular complexity index is 488. The molecule has 0 unspecified atom stereocenters. The number of hydrogen-bond donors (Lipinski definition) is 1. The van der Waals surface area contributed by atoms with Crippen molar-refractivity contribution in [1.82, 2.24) is 10.2 Å². The molecule has 0 bridgehead atoms. The number of methoxy groups -OCH3 is 1. The molecule has 0 aromatic carbocycles. The third-order valence-corrected chi connectivity index (χ3v) is 3.95. The summed E-state index contributed by atoms with van der Waals surface area (Å²) in [6.45, 7) is 7.34. The molecule has 9 heteroatoms. The first-order valence-electron chi connectivity index (χ1n) is 7.59. The van der Waals surface area contributed by atoms with Gasteiger partial charge in [-0.15, -0.1) is 0 Å². The third kappa shape index (κ3) is 8.50. The molecular formula is C14H28N2O6S. The molecule has 0 aromatic rings. The second-order valence-electron chi connectivity index (χ2n) is 6.64. The smallest absolute Gasteiger partial charge is 0.407 e. The number of hydrogen-bond acceptors (Lipinski definition) is 7. The van der Waals surface area contributed by atoms with Crippen molar-refractivity contribution >= 4 is 16.2 Å². The predicted molar refractivity (Wildman–Crippen MR) is 85.8 cm³/mol. The molecule has 1 aliphatic rings. The molecule has 136 valence electrons. The fraction of sp³-hybridized carbons (Fsp3) is 0.929. The monoisotopic (exact) mass is 352 g/mol. The Balaban J connectivity index is 2.44. The Hall–Kier alpha value is -0.900. The number of nitrogens with one attached hydrogen (secondary N) is 1. The summed E-state index contributed by atoms with van der Waals surface area (Å²) in [4.78, 5) is 13.9. The Morgan fingerprint density at radius 1 is 1.35 bits per heavy atom. The number of piperidine rings is 1. The summed E-state index contributed by atoms with van der Waals surface area (Å²) in [7, 11) is -1.83. The fourth-order valence-electron chi connectivity index (χ4n) is 2.36. The number of ether oxygens (including phenoxy) is 2. The summed E-state index contributed by atoms with van der Waals surface area (Å²) >= 11 is 0. The van der Waals surface area contributed by atoms with Crippen molar-refractivity contribution in [3.8, 4) is 0 Å². The minimum atomic E-state index is -3.42. The molecule has 1 aliphatic heterocycles. The summed E-state index contributed by atoms with van der Waals surface area (Å²) in [6.07, 6.45) is 1.08. The maximum atomic E-state index is 11.9. The van der Waals surface area contributed by atoms with Gasteiger partial charge in [-0.1, -0.05) is 0 Å². The first kappa shape index (κ1) is 20.1. The molecule has 1 heterocycles. The highest BCUT2D eigenvalue weighted by Crippen LogP contribution is 2.15. The van der Waals surface area contributed by atoms with E-state index in [0.717, 1.165) is 6.26 Å². The highest BCUT2D eigenvalue weighted by molar-refractivity contribution is 7.85. The SMILES string of the molecule is CO[C@H]1CN(CCOS(C)(=O)=O)CC[C@@H]1NC(=O)OC(C)(C)C. The third-order valence-electron chi connectivity index (χ3n) is 3.35. The summed E-state index contributed by atoms with van der Waals surface area (Å²) in [6, 6.07) is -0.137. The van der Waals surface area contributed by atoms with E-state index in [1.165, 1.54) is 0 Å². The number of likely N-dealkylation sites (tertiary alicyclic amines) is 1. The van der Waals surface area contributed by atoms with Crippen molar-refractivity contribution in [3.63, 3.8) is 0 Å². The van der Waals surface area contributed by atoms with Gasteiger partial charge in [0.1, 0.15) is 5.60 Å². The van der Waals surface area contributed by atoms with Crippen LogP contribution in [0.25, 0.3) is 0 Å². The van der Waals surface area contributed by atoms with Crippen LogP contribution in [0.1, 0.15) is 27.2 Å². The van der Waals surface area contributed by atoms with Crippen LogP contribution in [0, 0.1) is 0 Å². The topological polar surface area (TPSA) is 94.2 Å². The van der Waals surface area contributed by atoms with Crippen LogP contribution in [0.15, 0.2) is 0 Å². The van der Waals surface area contributed by atoms with Crippen LogP contribution in [0.5, 0.6) is 0 Å². The number of alkyl carbamates (subject to hydrolysis) is 1. The summed E-state index contributed by atoms with van der Waals surface area (Å²) in [5.74, 6) is 0. The van der Waals surface area contributed by atoms with Crippen molar-refractivity contribution in [2.24, 2.45) is 0 Å². The predicted octanol–water partition coefficient (Wildman–Crippen LogP) is 0.577. The molecule has 1 fully saturated rings. The first-order chi connectivity index (χ1) is 10.5. The Labute approximate surface area is 138 Å². The molecule has 23 heavy (non-hydrogen) atoms. The van der Waals surface area contributed by atoms with Crippen molar-refractivity contribution < 1.29 is 26.9 Å². The van der Waals surface area contributed by atoms with E-state index in [1.54, 1.807) is 7.11 Å². The standard InChI is InChI=1S/C14H28N2O6S/c1-14(2,3)22-13(17)15-11-6-7-16(10-12(11)20-4)8-9-21-23(5,18)19/h11-12H,6-10H2,1-5H3,(H,15,17)/t11-,12-/m0/s1. The van der Waals surface area contributed by atoms with Gasteiger partial charge in [-0.2, -0.15) is 8.42 Å². The van der Waals surface area contributed by atoms with E-state index in [1.807, 2.05) is 25.7 Å². The van der Waals surface area contributed by atoms with E-state index in [-0.39, 0.29) is 18.8 Å². The van der Waals surface area contributed by atoms with Gasteiger partial charge in [0, 0.05) is 26.7 Å². The molecule has 0 saturated carbocycles. The van der Waals surface area contributed by atoms with E-state index in [9.17, 15) is 13.2 Å². The largest absolute Gasteiger partial charge is 0.444 e. The highest BCUT2D eigenvalue weighted by atomic mass is 32.2. The van der Waals surface area contributed by atoms with E-state index in [0.29, 0.717) is 26.1 Å². The molecule has 1 saturated heterocycles. The minimum absolute atomic E-state index is 0.111. The van der Waals surface area contributed by atoms with Gasteiger partial charge < -0.3 is 14.8 Å². The lowest BCUT2D eigenvalue weighted by molar-refractivity contribution is -0.00472. The number of carbonyl (C=O) groups is 1. The number of rotatable bonds is 6. The average Bonchev–Trinajstić information content (AvgIpc) is 2.36. The van der Waals surface area contributed by atoms with Gasteiger partial charge in [0.2, 0.25) is 0 Å². The van der Waals surface area contributed by atoms with Crippen LogP contribution in [0.3, 0.4) is 0 Å². The zero-order chi connectivity index (χ0) is 17.7. The van der Waals surface area contributed by atoms with Crippen LogP contribution in [-0.2, 0) is 23.8 Å². The quantitative estimate of drug-likeness (QED) is 0.699. The lowest BCUT2D eigenvalue weighted by Crippen LogP contribution is -2.55. The molecule has 1 rings (SSSR count). The normalized spacial score (nSPS) is 23.5. The Morgan fingerprint density at radius 2 is 2.00 bits per heavy atom. The van der Waals surface area contributed by atoms with Gasteiger partial charge >= 0.3 is 6.09 Å². The molecule has 1 amide bonds. The van der Waals surface area contributed by atoms with Gasteiger partial charge in [0.05, 0.1) is 25.0 Å². The van der Waals surface area contributed by atoms with Crippen LogP contribution in [-0.4, -0.2) is 76.8 Å². The zero-order valence-electron chi connectivity index (χ0n) is 14.5. The van der Waals surface area contributed by atoms with Gasteiger partial charge in [0.25, 0.3) is 10.1 Å². The Kier molecular flexibility index (Phi) is 7.25. The second-order valence-corrected chi connectivity index (χ2v) is 8.29. The molecule has 8 nitrogen and oxygen atoms in total. The lowest BCUT2D eigenvalue weighted by Gasteiger charge is -2.38. The first-order valence-corrected chi connectivity index (χ1v) is 9.41. The van der Waals surface area contributed by atoms with E-state index in [2.05, 4.69) is 5.32 Å². The molecular weight excluding hydrogens is 324 g/mol. The maximum Gasteiger partial charge on any atom is 0.407 e. The minimum Gasteiger partial charge on any atom is -0.444 e. The van der Waals surface area contributed by atoms with Gasteiger partial charge in [-0.3, -0.25) is 9.08 Å². The van der Waals surface area contributed by atoms with Crippen molar-refractivity contribution in [3.05, 3.63) is 0 Å². The van der Waals surface area contributed by atoms with Crippen LogP contribution >= 0.6 is 0 Å². The molecule has 1 N–H and O–H groups in total. The number of amides is 1. The molecule has 0 aliphatic carbocycles. The van der Waals surface area contributed by atoms with E-state index >= 15 is 0 Å². The summed E-state index contributed by atoms with van der Waals surface area (Å²) < 4.78 is 37.4. The molecule has 0 aromatic heterocycles. The van der Waals surface area contributed by atoms with Crippen molar-refractivity contribution in [2.45, 2.75) is 44.9 Å². The van der Waals surface area contributed by atoms with Crippen LogP contribution in [0.2, 0.25) is 0 Å². The number of carbonyl (C=O) groups excluding carboxylic acids is 1. The van der Waals surface area contributed by atoms with Gasteiger partial charge in [0.15, 0.2) is 0 Å². The maximum absolute atomic E-state index is 11.9. The Morgan fingerprint density at radius 3 is 2.52 bits per heavy atom. The van der Waals surface area contributed by atoms with E-state index < -0.39 is 21.8 Å². The van der Waals surface area contributed by atoms with Crippen molar-refractivity contribution in [1.29, 1.82) is 0 Å². The average molecular weight is 352 g/mol.